The summed E-state index contributed by atoms with van der Waals surface area (Å²) in [6.45, 7) is 0.130. The molecule has 4 heteroatoms. The minimum atomic E-state index is -0.0208. The van der Waals surface area contributed by atoms with E-state index >= 15 is 0 Å². The molecule has 0 unspecified atom stereocenters. The summed E-state index contributed by atoms with van der Waals surface area (Å²) >= 11 is 5.95. The summed E-state index contributed by atoms with van der Waals surface area (Å²) in [6.07, 6.45) is 1.43. The molecule has 1 aromatic heterocycles. The summed E-state index contributed by atoms with van der Waals surface area (Å²) in [5.74, 6) is 0. The number of hydrogen-bond acceptors (Lipinski definition) is 2. The topological polar surface area (TPSA) is 56.2 Å². The molecule has 3 nitrogen and oxygen atoms in total. The molecule has 0 amide bonds. The highest BCUT2D eigenvalue weighted by atomic mass is 35.5. The highest BCUT2D eigenvalue weighted by Gasteiger charge is 2.10. The lowest BCUT2D eigenvalue weighted by molar-refractivity contribution is 0.273. The first-order chi connectivity index (χ1) is 7.76. The summed E-state index contributed by atoms with van der Waals surface area (Å²) in [5, 5.41) is 19.8. The fraction of sp³-hybridized carbons (Fsp3) is 0.333. The van der Waals surface area contributed by atoms with Crippen molar-refractivity contribution in [1.29, 1.82) is 0 Å². The first-order valence-electron chi connectivity index (χ1n) is 5.27. The van der Waals surface area contributed by atoms with E-state index in [2.05, 4.69) is 4.98 Å². The van der Waals surface area contributed by atoms with Gasteiger partial charge in [-0.15, -0.1) is 0 Å². The number of aryl methyl sites for hydroxylation is 1. The maximum absolute atomic E-state index is 9.26. The molecule has 3 N–H and O–H groups in total. The molecular weight excluding hydrogens is 226 g/mol. The van der Waals surface area contributed by atoms with Crippen molar-refractivity contribution in [1.82, 2.24) is 4.98 Å². The van der Waals surface area contributed by atoms with Crippen molar-refractivity contribution in [2.75, 3.05) is 6.61 Å². The van der Waals surface area contributed by atoms with Crippen LogP contribution in [-0.2, 0) is 13.0 Å². The minimum Gasteiger partial charge on any atom is -0.396 e. The molecule has 2 rings (SSSR count). The van der Waals surface area contributed by atoms with E-state index in [-0.39, 0.29) is 13.2 Å². The zero-order valence-corrected chi connectivity index (χ0v) is 9.59. The number of rotatable bonds is 4. The normalized spacial score (nSPS) is 11.2. The van der Waals surface area contributed by atoms with E-state index in [0.29, 0.717) is 11.4 Å². The molecule has 0 aliphatic rings. The Hall–Kier alpha value is -1.03. The van der Waals surface area contributed by atoms with Crippen LogP contribution < -0.4 is 0 Å². The fourth-order valence-electron chi connectivity index (χ4n) is 1.95. The lowest BCUT2D eigenvalue weighted by Gasteiger charge is -2.01. The van der Waals surface area contributed by atoms with Crippen molar-refractivity contribution in [2.24, 2.45) is 0 Å². The summed E-state index contributed by atoms with van der Waals surface area (Å²) in [5.41, 5.74) is 2.83. The van der Waals surface area contributed by atoms with Gasteiger partial charge in [-0.1, -0.05) is 11.6 Å². The summed E-state index contributed by atoms with van der Waals surface area (Å²) < 4.78 is 0. The number of hydrogen-bond donors (Lipinski definition) is 3. The monoisotopic (exact) mass is 239 g/mol. The number of aromatic amines is 1. The molecule has 2 aromatic rings. The van der Waals surface area contributed by atoms with E-state index in [9.17, 15) is 5.11 Å². The van der Waals surface area contributed by atoms with Crippen LogP contribution in [0.4, 0.5) is 0 Å². The standard InChI is InChI=1S/C12H14ClNO2/c13-8-3-4-11-10(6-8)9(2-1-5-15)12(7-16)14-11/h3-4,6,14-16H,1-2,5,7H2. The zero-order chi connectivity index (χ0) is 11.5. The molecule has 0 radical (unpaired) electrons. The Balaban J connectivity index is 2.52. The second-order valence-corrected chi connectivity index (χ2v) is 4.19. The molecule has 0 saturated carbocycles. The van der Waals surface area contributed by atoms with Gasteiger partial charge in [0.05, 0.1) is 6.61 Å². The van der Waals surface area contributed by atoms with Crippen LogP contribution in [0.15, 0.2) is 18.2 Å². The van der Waals surface area contributed by atoms with Crippen molar-refractivity contribution in [2.45, 2.75) is 19.4 Å². The number of halogens is 1. The lowest BCUT2D eigenvalue weighted by atomic mass is 10.1. The van der Waals surface area contributed by atoms with Crippen LogP contribution in [0.5, 0.6) is 0 Å². The first-order valence-corrected chi connectivity index (χ1v) is 5.64. The third kappa shape index (κ3) is 2.07. The Morgan fingerprint density at radius 3 is 2.75 bits per heavy atom. The van der Waals surface area contributed by atoms with Gasteiger partial charge in [-0.05, 0) is 36.6 Å². The predicted molar refractivity (Wildman–Crippen MR) is 64.6 cm³/mol. The smallest absolute Gasteiger partial charge is 0.0834 e. The summed E-state index contributed by atoms with van der Waals surface area (Å²) in [7, 11) is 0. The maximum Gasteiger partial charge on any atom is 0.0834 e. The predicted octanol–water partition coefficient (Wildman–Crippen LogP) is 2.24. The molecule has 0 aliphatic heterocycles. The van der Waals surface area contributed by atoms with Gasteiger partial charge in [0.25, 0.3) is 0 Å². The molecule has 16 heavy (non-hydrogen) atoms. The second kappa shape index (κ2) is 4.87. The van der Waals surface area contributed by atoms with E-state index in [4.69, 9.17) is 16.7 Å². The van der Waals surface area contributed by atoms with E-state index in [1.54, 1.807) is 0 Å². The minimum absolute atomic E-state index is 0.0208. The molecule has 0 aliphatic carbocycles. The molecule has 0 bridgehead atoms. The number of aromatic nitrogens is 1. The molecule has 0 saturated heterocycles. The Morgan fingerprint density at radius 2 is 2.06 bits per heavy atom. The average Bonchev–Trinajstić information content (AvgIpc) is 2.63. The van der Waals surface area contributed by atoms with Crippen molar-refractivity contribution in [3.8, 4) is 0 Å². The van der Waals surface area contributed by atoms with Crippen molar-refractivity contribution in [3.05, 3.63) is 34.5 Å². The molecule has 1 aromatic carbocycles. The number of aliphatic hydroxyl groups excluding tert-OH is 2. The third-order valence-corrected chi connectivity index (χ3v) is 2.93. The number of nitrogens with one attached hydrogen (secondary N) is 1. The molecule has 0 atom stereocenters. The summed E-state index contributed by atoms with van der Waals surface area (Å²) in [4.78, 5) is 3.16. The number of H-pyrrole nitrogens is 1. The molecule has 1 heterocycles. The zero-order valence-electron chi connectivity index (χ0n) is 8.83. The molecule has 0 spiro atoms. The fourth-order valence-corrected chi connectivity index (χ4v) is 2.12. The quantitative estimate of drug-likeness (QED) is 0.767. The van der Waals surface area contributed by atoms with Crippen LogP contribution in [0.3, 0.4) is 0 Å². The summed E-state index contributed by atoms with van der Waals surface area (Å²) in [6, 6.07) is 5.61. The number of aliphatic hydroxyl groups is 2. The average molecular weight is 240 g/mol. The van der Waals surface area contributed by atoms with E-state index in [1.165, 1.54) is 0 Å². The van der Waals surface area contributed by atoms with Gasteiger partial charge in [0, 0.05) is 28.2 Å². The van der Waals surface area contributed by atoms with Gasteiger partial charge in [-0.3, -0.25) is 0 Å². The lowest BCUT2D eigenvalue weighted by Crippen LogP contribution is -1.94. The Morgan fingerprint density at radius 1 is 1.25 bits per heavy atom. The number of fused-ring (bicyclic) bond motifs is 1. The van der Waals surface area contributed by atoms with Crippen LogP contribution >= 0.6 is 11.6 Å². The van der Waals surface area contributed by atoms with Gasteiger partial charge in [0.1, 0.15) is 0 Å². The van der Waals surface area contributed by atoms with Crippen molar-refractivity contribution < 1.29 is 10.2 Å². The van der Waals surface area contributed by atoms with E-state index in [0.717, 1.165) is 28.6 Å². The molecular formula is C12H14ClNO2. The Kier molecular flexibility index (Phi) is 3.49. The highest BCUT2D eigenvalue weighted by molar-refractivity contribution is 6.31. The van der Waals surface area contributed by atoms with Crippen LogP contribution in [0, 0.1) is 0 Å². The van der Waals surface area contributed by atoms with Gasteiger partial charge < -0.3 is 15.2 Å². The van der Waals surface area contributed by atoms with Gasteiger partial charge in [-0.2, -0.15) is 0 Å². The Labute approximate surface area is 98.7 Å². The molecule has 0 fully saturated rings. The first kappa shape index (κ1) is 11.5. The Bertz CT molecular complexity index is 493. The third-order valence-electron chi connectivity index (χ3n) is 2.70. The largest absolute Gasteiger partial charge is 0.396 e. The maximum atomic E-state index is 9.26. The highest BCUT2D eigenvalue weighted by Crippen LogP contribution is 2.26. The van der Waals surface area contributed by atoms with Crippen molar-refractivity contribution in [3.63, 3.8) is 0 Å². The number of benzene rings is 1. The molecule has 86 valence electrons. The van der Waals surface area contributed by atoms with Gasteiger partial charge in [0.2, 0.25) is 0 Å². The second-order valence-electron chi connectivity index (χ2n) is 3.76. The van der Waals surface area contributed by atoms with Crippen LogP contribution in [-0.4, -0.2) is 21.8 Å². The van der Waals surface area contributed by atoms with Crippen molar-refractivity contribution >= 4 is 22.5 Å². The van der Waals surface area contributed by atoms with Gasteiger partial charge in [-0.25, -0.2) is 0 Å². The van der Waals surface area contributed by atoms with Crippen LogP contribution in [0.25, 0.3) is 10.9 Å². The van der Waals surface area contributed by atoms with Crippen LogP contribution in [0.2, 0.25) is 5.02 Å². The van der Waals surface area contributed by atoms with E-state index < -0.39 is 0 Å². The van der Waals surface area contributed by atoms with Gasteiger partial charge >= 0.3 is 0 Å². The van der Waals surface area contributed by atoms with Crippen LogP contribution in [0.1, 0.15) is 17.7 Å². The van der Waals surface area contributed by atoms with E-state index in [1.807, 2.05) is 18.2 Å². The SMILES string of the molecule is OCCCc1c(CO)[nH]c2ccc(Cl)cc12. The van der Waals surface area contributed by atoms with Gasteiger partial charge in [0.15, 0.2) is 0 Å².